The number of carboxylic acid groups (broad SMARTS) is 1. The molecule has 0 aliphatic heterocycles. The van der Waals surface area contributed by atoms with Crippen LogP contribution in [0.3, 0.4) is 0 Å². The number of rotatable bonds is 3. The van der Waals surface area contributed by atoms with E-state index in [1.165, 1.54) is 0 Å². The molecular formula is C13H21N5O3. The van der Waals surface area contributed by atoms with Crippen molar-refractivity contribution in [1.29, 1.82) is 0 Å². The number of aromatic amines is 1. The van der Waals surface area contributed by atoms with Crippen LogP contribution < -0.4 is 11.1 Å². The number of nitrogens with one attached hydrogen (secondary N) is 2. The number of carbonyl (C=O) groups is 2. The lowest BCUT2D eigenvalue weighted by Crippen LogP contribution is -2.52. The van der Waals surface area contributed by atoms with Gasteiger partial charge in [0.2, 0.25) is 11.8 Å². The number of carbonyl (C=O) groups excluding carboxylic acids is 1. The predicted octanol–water partition coefficient (Wildman–Crippen LogP) is 0.642. The maximum atomic E-state index is 12.1. The number of aromatic nitrogens is 3. The minimum atomic E-state index is -0.778. The number of carboxylic acids is 1. The lowest BCUT2D eigenvalue weighted by molar-refractivity contribution is -0.150. The van der Waals surface area contributed by atoms with E-state index in [1.54, 1.807) is 0 Å². The fourth-order valence-corrected chi connectivity index (χ4v) is 3.06. The molecule has 1 aromatic heterocycles. The number of amides is 1. The van der Waals surface area contributed by atoms with Crippen LogP contribution in [0.15, 0.2) is 0 Å². The van der Waals surface area contributed by atoms with Gasteiger partial charge in [-0.1, -0.05) is 20.8 Å². The van der Waals surface area contributed by atoms with Gasteiger partial charge in [0.1, 0.15) is 0 Å². The lowest BCUT2D eigenvalue weighted by Gasteiger charge is -2.46. The van der Waals surface area contributed by atoms with Gasteiger partial charge in [0.05, 0.1) is 5.92 Å². The normalized spacial score (nSPS) is 28.0. The average molecular weight is 295 g/mol. The number of aliphatic carboxylic acids is 1. The molecule has 2 rings (SSSR count). The standard InChI is InChI=1S/C13H21N5O3/c1-6-8(5-4-7(11(20)21)13(6,2)3)15-10(19)9-16-12(14)18-17-9/h6-8H,4-5H2,1-3H3,(H,15,19)(H,20,21)(H3,14,16,17,18). The molecule has 116 valence electrons. The van der Waals surface area contributed by atoms with Crippen molar-refractivity contribution in [3.8, 4) is 0 Å². The molecule has 21 heavy (non-hydrogen) atoms. The first-order valence-corrected chi connectivity index (χ1v) is 6.95. The van der Waals surface area contributed by atoms with E-state index in [4.69, 9.17) is 5.73 Å². The second-order valence-electron chi connectivity index (χ2n) is 6.20. The van der Waals surface area contributed by atoms with Gasteiger partial charge in [-0.25, -0.2) is 0 Å². The molecule has 3 unspecified atom stereocenters. The SMILES string of the molecule is CC1C(NC(=O)c2nc(N)n[nH]2)CCC(C(=O)O)C1(C)C. The van der Waals surface area contributed by atoms with Crippen LogP contribution in [0.1, 0.15) is 44.2 Å². The summed E-state index contributed by atoms with van der Waals surface area (Å²) in [5.74, 6) is -1.45. The molecule has 0 radical (unpaired) electrons. The van der Waals surface area contributed by atoms with Gasteiger partial charge in [0.25, 0.3) is 5.91 Å². The number of nitrogens with two attached hydrogens (primary N) is 1. The Morgan fingerprint density at radius 1 is 1.43 bits per heavy atom. The molecule has 0 aromatic carbocycles. The summed E-state index contributed by atoms with van der Waals surface area (Å²) in [6.45, 7) is 5.83. The highest BCUT2D eigenvalue weighted by Crippen LogP contribution is 2.45. The van der Waals surface area contributed by atoms with Crippen LogP contribution in [0.4, 0.5) is 5.95 Å². The fourth-order valence-electron chi connectivity index (χ4n) is 3.06. The van der Waals surface area contributed by atoms with Gasteiger partial charge in [-0.2, -0.15) is 4.98 Å². The molecular weight excluding hydrogens is 274 g/mol. The minimum Gasteiger partial charge on any atom is -0.481 e. The van der Waals surface area contributed by atoms with Crippen molar-refractivity contribution in [2.75, 3.05) is 5.73 Å². The Hall–Kier alpha value is -2.12. The van der Waals surface area contributed by atoms with Crippen LogP contribution in [0, 0.1) is 17.3 Å². The molecule has 1 aliphatic rings. The largest absolute Gasteiger partial charge is 0.481 e. The summed E-state index contributed by atoms with van der Waals surface area (Å²) in [7, 11) is 0. The summed E-state index contributed by atoms with van der Waals surface area (Å²) < 4.78 is 0. The van der Waals surface area contributed by atoms with Gasteiger partial charge in [-0.15, -0.1) is 5.10 Å². The number of nitrogens with zero attached hydrogens (tertiary/aromatic N) is 2. The minimum absolute atomic E-state index is 0.0168. The highest BCUT2D eigenvalue weighted by atomic mass is 16.4. The van der Waals surface area contributed by atoms with Crippen molar-refractivity contribution >= 4 is 17.8 Å². The molecule has 8 nitrogen and oxygen atoms in total. The number of hydrogen-bond donors (Lipinski definition) is 4. The maximum Gasteiger partial charge on any atom is 0.307 e. The van der Waals surface area contributed by atoms with Crippen LogP contribution in [0.5, 0.6) is 0 Å². The van der Waals surface area contributed by atoms with E-state index in [2.05, 4.69) is 20.5 Å². The summed E-state index contributed by atoms with van der Waals surface area (Å²) in [4.78, 5) is 27.2. The highest BCUT2D eigenvalue weighted by molar-refractivity contribution is 5.90. The van der Waals surface area contributed by atoms with Gasteiger partial charge in [0, 0.05) is 6.04 Å². The Kier molecular flexibility index (Phi) is 3.89. The summed E-state index contributed by atoms with van der Waals surface area (Å²) in [5, 5.41) is 18.3. The Morgan fingerprint density at radius 3 is 2.62 bits per heavy atom. The Balaban J connectivity index is 2.09. The Labute approximate surface area is 122 Å². The van der Waals surface area contributed by atoms with E-state index in [0.29, 0.717) is 12.8 Å². The van der Waals surface area contributed by atoms with E-state index in [-0.39, 0.29) is 29.6 Å². The second kappa shape index (κ2) is 5.34. The second-order valence-corrected chi connectivity index (χ2v) is 6.20. The summed E-state index contributed by atoms with van der Waals surface area (Å²) in [5.41, 5.74) is 4.97. The molecule has 0 saturated heterocycles. The number of nitrogen functional groups attached to an aromatic ring is 1. The summed E-state index contributed by atoms with van der Waals surface area (Å²) in [6.07, 6.45) is 1.16. The zero-order valence-electron chi connectivity index (χ0n) is 12.4. The molecule has 1 amide bonds. The zero-order chi connectivity index (χ0) is 15.8. The molecule has 1 aromatic rings. The first-order chi connectivity index (χ1) is 9.73. The van der Waals surface area contributed by atoms with Crippen LogP contribution in [-0.2, 0) is 4.79 Å². The third-order valence-electron chi connectivity index (χ3n) is 4.77. The Morgan fingerprint density at radius 2 is 2.10 bits per heavy atom. The molecule has 0 bridgehead atoms. The van der Waals surface area contributed by atoms with Crippen molar-refractivity contribution < 1.29 is 14.7 Å². The molecule has 5 N–H and O–H groups in total. The van der Waals surface area contributed by atoms with Crippen molar-refractivity contribution in [1.82, 2.24) is 20.5 Å². The summed E-state index contributed by atoms with van der Waals surface area (Å²) in [6, 6.07) is -0.102. The fraction of sp³-hybridized carbons (Fsp3) is 0.692. The third kappa shape index (κ3) is 2.84. The number of H-pyrrole nitrogens is 1. The molecule has 8 heteroatoms. The molecule has 1 heterocycles. The molecule has 0 spiro atoms. The van der Waals surface area contributed by atoms with Crippen LogP contribution in [0.2, 0.25) is 0 Å². The molecule has 3 atom stereocenters. The first kappa shape index (κ1) is 15.3. The van der Waals surface area contributed by atoms with Crippen LogP contribution in [-0.4, -0.2) is 38.2 Å². The van der Waals surface area contributed by atoms with Crippen molar-refractivity contribution in [3.05, 3.63) is 5.82 Å². The van der Waals surface area contributed by atoms with Crippen molar-refractivity contribution in [2.24, 2.45) is 17.3 Å². The zero-order valence-corrected chi connectivity index (χ0v) is 12.4. The van der Waals surface area contributed by atoms with E-state index in [0.717, 1.165) is 0 Å². The average Bonchev–Trinajstić information content (AvgIpc) is 2.81. The monoisotopic (exact) mass is 295 g/mol. The predicted molar refractivity (Wildman–Crippen MR) is 75.4 cm³/mol. The van der Waals surface area contributed by atoms with Gasteiger partial charge in [0.15, 0.2) is 0 Å². The smallest absolute Gasteiger partial charge is 0.307 e. The van der Waals surface area contributed by atoms with Gasteiger partial charge < -0.3 is 16.2 Å². The number of anilines is 1. The lowest BCUT2D eigenvalue weighted by atomic mass is 9.61. The Bertz CT molecular complexity index is 554. The van der Waals surface area contributed by atoms with Crippen molar-refractivity contribution in [2.45, 2.75) is 39.7 Å². The third-order valence-corrected chi connectivity index (χ3v) is 4.77. The quantitative estimate of drug-likeness (QED) is 0.646. The first-order valence-electron chi connectivity index (χ1n) is 6.95. The van der Waals surface area contributed by atoms with Gasteiger partial charge in [-0.05, 0) is 24.2 Å². The van der Waals surface area contributed by atoms with E-state index >= 15 is 0 Å². The summed E-state index contributed by atoms with van der Waals surface area (Å²) >= 11 is 0. The maximum absolute atomic E-state index is 12.1. The highest BCUT2D eigenvalue weighted by Gasteiger charge is 2.46. The van der Waals surface area contributed by atoms with Crippen molar-refractivity contribution in [3.63, 3.8) is 0 Å². The molecule has 1 aliphatic carbocycles. The van der Waals surface area contributed by atoms with Gasteiger partial charge in [-0.3, -0.25) is 14.7 Å². The van der Waals surface area contributed by atoms with Gasteiger partial charge >= 0.3 is 5.97 Å². The molecule has 1 saturated carbocycles. The van der Waals surface area contributed by atoms with Crippen LogP contribution >= 0.6 is 0 Å². The van der Waals surface area contributed by atoms with E-state index < -0.39 is 17.3 Å². The van der Waals surface area contributed by atoms with Crippen LogP contribution in [0.25, 0.3) is 0 Å². The topological polar surface area (TPSA) is 134 Å². The molecule has 1 fully saturated rings. The van der Waals surface area contributed by atoms with E-state index in [1.807, 2.05) is 20.8 Å². The van der Waals surface area contributed by atoms with E-state index in [9.17, 15) is 14.7 Å². The number of hydrogen-bond acceptors (Lipinski definition) is 5.